The van der Waals surface area contributed by atoms with Gasteiger partial charge >= 0.3 is 0 Å². The molecule has 20 heavy (non-hydrogen) atoms. The highest BCUT2D eigenvalue weighted by atomic mass is 16.6. The average Bonchev–Trinajstić information content (AvgIpc) is 2.93. The number of benzene rings is 1. The van der Waals surface area contributed by atoms with Gasteiger partial charge in [-0.2, -0.15) is 0 Å². The molecule has 1 aromatic heterocycles. The van der Waals surface area contributed by atoms with Crippen LogP contribution in [-0.2, 0) is 0 Å². The zero-order valence-corrected chi connectivity index (χ0v) is 11.1. The molecule has 0 fully saturated rings. The third-order valence-corrected chi connectivity index (χ3v) is 2.98. The van der Waals surface area contributed by atoms with Gasteiger partial charge in [0, 0.05) is 12.7 Å². The lowest BCUT2D eigenvalue weighted by Gasteiger charge is -2.17. The van der Waals surface area contributed by atoms with Crippen LogP contribution in [0.2, 0.25) is 0 Å². The van der Waals surface area contributed by atoms with Crippen molar-refractivity contribution in [2.24, 2.45) is 0 Å². The fraction of sp³-hybridized carbons (Fsp3) is 0.286. The Balaban J connectivity index is 2.29. The molecule has 0 amide bonds. The van der Waals surface area contributed by atoms with Crippen molar-refractivity contribution in [3.8, 4) is 0 Å². The van der Waals surface area contributed by atoms with Gasteiger partial charge in [-0.25, -0.2) is 0 Å². The summed E-state index contributed by atoms with van der Waals surface area (Å²) < 4.78 is 5.30. The number of aryl methyl sites for hydroxylation is 1. The van der Waals surface area contributed by atoms with Gasteiger partial charge in [0.2, 0.25) is 0 Å². The average molecular weight is 276 g/mol. The van der Waals surface area contributed by atoms with Crippen LogP contribution in [0.3, 0.4) is 0 Å². The van der Waals surface area contributed by atoms with Crippen molar-refractivity contribution in [2.75, 3.05) is 11.9 Å². The van der Waals surface area contributed by atoms with Crippen LogP contribution < -0.4 is 5.32 Å². The van der Waals surface area contributed by atoms with Crippen LogP contribution >= 0.6 is 0 Å². The van der Waals surface area contributed by atoms with Gasteiger partial charge in [0.25, 0.3) is 5.69 Å². The molecule has 1 aromatic carbocycles. The summed E-state index contributed by atoms with van der Waals surface area (Å²) in [6.45, 7) is 1.76. The highest BCUT2D eigenvalue weighted by Gasteiger charge is 2.19. The predicted octanol–water partition coefficient (Wildman–Crippen LogP) is 3.03. The molecule has 6 nitrogen and oxygen atoms in total. The first-order chi connectivity index (χ1) is 9.61. The maximum Gasteiger partial charge on any atom is 0.292 e. The van der Waals surface area contributed by atoms with E-state index >= 15 is 0 Å². The SMILES string of the molecule is Cc1ccc(NC(CCO)c2ccco2)c([N+](=O)[O-])c1. The summed E-state index contributed by atoms with van der Waals surface area (Å²) in [7, 11) is 0. The lowest BCUT2D eigenvalue weighted by Crippen LogP contribution is -2.13. The quantitative estimate of drug-likeness (QED) is 0.625. The molecule has 0 aliphatic carbocycles. The summed E-state index contributed by atoms with van der Waals surface area (Å²) >= 11 is 0. The minimum atomic E-state index is -0.423. The molecule has 0 saturated heterocycles. The van der Waals surface area contributed by atoms with Crippen molar-refractivity contribution in [1.82, 2.24) is 0 Å². The molecule has 2 rings (SSSR count). The van der Waals surface area contributed by atoms with E-state index in [0.717, 1.165) is 5.56 Å². The van der Waals surface area contributed by atoms with Crippen molar-refractivity contribution in [3.05, 3.63) is 58.0 Å². The summed E-state index contributed by atoms with van der Waals surface area (Å²) in [5.74, 6) is 0.633. The van der Waals surface area contributed by atoms with Gasteiger partial charge in [-0.15, -0.1) is 0 Å². The topological polar surface area (TPSA) is 88.5 Å². The Hall–Kier alpha value is -2.34. The van der Waals surface area contributed by atoms with Crippen LogP contribution in [0.1, 0.15) is 23.8 Å². The Morgan fingerprint density at radius 3 is 2.85 bits per heavy atom. The molecule has 1 atom stereocenters. The van der Waals surface area contributed by atoms with Crippen LogP contribution in [0.15, 0.2) is 41.0 Å². The summed E-state index contributed by atoms with van der Waals surface area (Å²) in [5.41, 5.74) is 1.24. The largest absolute Gasteiger partial charge is 0.467 e. The smallest absolute Gasteiger partial charge is 0.292 e. The summed E-state index contributed by atoms with van der Waals surface area (Å²) in [6.07, 6.45) is 1.93. The number of furan rings is 1. The van der Waals surface area contributed by atoms with Gasteiger partial charge < -0.3 is 14.8 Å². The van der Waals surface area contributed by atoms with E-state index < -0.39 is 4.92 Å². The molecule has 0 saturated carbocycles. The van der Waals surface area contributed by atoms with E-state index in [9.17, 15) is 10.1 Å². The van der Waals surface area contributed by atoms with Gasteiger partial charge in [-0.1, -0.05) is 6.07 Å². The van der Waals surface area contributed by atoms with Crippen molar-refractivity contribution < 1.29 is 14.4 Å². The molecule has 0 aliphatic heterocycles. The number of aliphatic hydroxyl groups is 1. The third kappa shape index (κ3) is 3.16. The maximum atomic E-state index is 11.1. The molecule has 0 radical (unpaired) electrons. The molecule has 0 aliphatic rings. The number of anilines is 1. The van der Waals surface area contributed by atoms with Crippen molar-refractivity contribution >= 4 is 11.4 Å². The second-order valence-electron chi connectivity index (χ2n) is 4.50. The zero-order valence-electron chi connectivity index (χ0n) is 11.1. The first-order valence-corrected chi connectivity index (χ1v) is 6.27. The molecule has 1 unspecified atom stereocenters. The van der Waals surface area contributed by atoms with Crippen LogP contribution in [-0.4, -0.2) is 16.6 Å². The summed E-state index contributed by atoms with van der Waals surface area (Å²) in [4.78, 5) is 10.7. The number of hydrogen-bond acceptors (Lipinski definition) is 5. The fourth-order valence-electron chi connectivity index (χ4n) is 2.01. The Labute approximate surface area is 116 Å². The van der Waals surface area contributed by atoms with Crippen LogP contribution in [0.4, 0.5) is 11.4 Å². The van der Waals surface area contributed by atoms with Gasteiger partial charge in [-0.05, 0) is 37.1 Å². The number of aliphatic hydroxyl groups excluding tert-OH is 1. The van der Waals surface area contributed by atoms with Gasteiger partial charge in [0.05, 0.1) is 17.2 Å². The van der Waals surface area contributed by atoms with Crippen molar-refractivity contribution in [1.29, 1.82) is 0 Å². The number of rotatable bonds is 6. The highest BCUT2D eigenvalue weighted by molar-refractivity contribution is 5.63. The number of nitrogens with zero attached hydrogens (tertiary/aromatic N) is 1. The second kappa shape index (κ2) is 6.21. The number of nitrogens with one attached hydrogen (secondary N) is 1. The summed E-state index contributed by atoms with van der Waals surface area (Å²) in [6, 6.07) is 8.18. The number of nitro groups is 1. The minimum Gasteiger partial charge on any atom is -0.467 e. The molecule has 106 valence electrons. The van der Waals surface area contributed by atoms with Gasteiger partial charge in [-0.3, -0.25) is 10.1 Å². The van der Waals surface area contributed by atoms with Crippen molar-refractivity contribution in [3.63, 3.8) is 0 Å². The highest BCUT2D eigenvalue weighted by Crippen LogP contribution is 2.30. The Kier molecular flexibility index (Phi) is 4.37. The molecule has 2 aromatic rings. The normalized spacial score (nSPS) is 12.1. The maximum absolute atomic E-state index is 11.1. The Bertz CT molecular complexity index is 581. The van der Waals surface area contributed by atoms with Gasteiger partial charge in [0.1, 0.15) is 11.4 Å². The molecule has 0 spiro atoms. The van der Waals surface area contributed by atoms with Crippen LogP contribution in [0.25, 0.3) is 0 Å². The van der Waals surface area contributed by atoms with E-state index in [0.29, 0.717) is 17.9 Å². The summed E-state index contributed by atoms with van der Waals surface area (Å²) in [5, 5.41) is 23.3. The molecule has 1 heterocycles. The van der Waals surface area contributed by atoms with E-state index in [1.807, 2.05) is 0 Å². The van der Waals surface area contributed by atoms with E-state index in [4.69, 9.17) is 9.52 Å². The molecular formula is C14H16N2O4. The Morgan fingerprint density at radius 1 is 1.45 bits per heavy atom. The predicted molar refractivity (Wildman–Crippen MR) is 74.6 cm³/mol. The van der Waals surface area contributed by atoms with E-state index in [2.05, 4.69) is 5.32 Å². The van der Waals surface area contributed by atoms with E-state index in [1.165, 1.54) is 12.3 Å². The second-order valence-corrected chi connectivity index (χ2v) is 4.50. The first kappa shape index (κ1) is 14.1. The standard InChI is InChI=1S/C14H16N2O4/c1-10-4-5-11(13(9-10)16(18)19)15-12(6-7-17)14-3-2-8-20-14/h2-5,8-9,12,15,17H,6-7H2,1H3. The van der Waals surface area contributed by atoms with Crippen molar-refractivity contribution in [2.45, 2.75) is 19.4 Å². The minimum absolute atomic E-state index is 0.0134. The van der Waals surface area contributed by atoms with Crippen LogP contribution in [0.5, 0.6) is 0 Å². The monoisotopic (exact) mass is 276 g/mol. The molecule has 6 heteroatoms. The Morgan fingerprint density at radius 2 is 2.25 bits per heavy atom. The van der Waals surface area contributed by atoms with E-state index in [-0.39, 0.29) is 18.3 Å². The lowest BCUT2D eigenvalue weighted by molar-refractivity contribution is -0.384. The molecule has 0 bridgehead atoms. The lowest BCUT2D eigenvalue weighted by atomic mass is 10.1. The number of nitro benzene ring substituents is 1. The fourth-order valence-corrected chi connectivity index (χ4v) is 2.01. The van der Waals surface area contributed by atoms with E-state index in [1.54, 1.807) is 31.2 Å². The number of hydrogen-bond donors (Lipinski definition) is 2. The van der Waals surface area contributed by atoms with Crippen LogP contribution in [0, 0.1) is 17.0 Å². The zero-order chi connectivity index (χ0) is 14.5. The molecular weight excluding hydrogens is 260 g/mol. The first-order valence-electron chi connectivity index (χ1n) is 6.27. The third-order valence-electron chi connectivity index (χ3n) is 2.98. The van der Waals surface area contributed by atoms with Gasteiger partial charge in [0.15, 0.2) is 0 Å². The molecule has 2 N–H and O–H groups in total.